The van der Waals surface area contributed by atoms with Gasteiger partial charge in [0.15, 0.2) is 6.29 Å². The van der Waals surface area contributed by atoms with Gasteiger partial charge in [0.1, 0.15) is 19.3 Å². The van der Waals surface area contributed by atoms with E-state index in [4.69, 9.17) is 14.2 Å². The molecule has 0 aliphatic heterocycles. The number of carbonyl (C=O) groups excluding carboxylic acids is 2. The second-order valence-electron chi connectivity index (χ2n) is 18.3. The highest BCUT2D eigenvalue weighted by Crippen LogP contribution is 2.17. The summed E-state index contributed by atoms with van der Waals surface area (Å²) < 4.78 is 16.1. The van der Waals surface area contributed by atoms with E-state index in [2.05, 4.69) is 19.1 Å². The second-order valence-corrected chi connectivity index (χ2v) is 18.3. The van der Waals surface area contributed by atoms with Gasteiger partial charge in [-0.05, 0) is 32.1 Å². The fourth-order valence-corrected chi connectivity index (χ4v) is 7.35. The molecule has 0 bridgehead atoms. The molecule has 0 aromatic heterocycles. The molecule has 0 fully saturated rings. The van der Waals surface area contributed by atoms with E-state index in [-0.39, 0.29) is 25.8 Å². The van der Waals surface area contributed by atoms with Gasteiger partial charge in [-0.2, -0.15) is 0 Å². The summed E-state index contributed by atoms with van der Waals surface area (Å²) in [5.41, 5.74) is 0. The van der Waals surface area contributed by atoms with Gasteiger partial charge in [0.05, 0.1) is 40.3 Å². The van der Waals surface area contributed by atoms with Crippen LogP contribution in [0.1, 0.15) is 238 Å². The van der Waals surface area contributed by atoms with Crippen LogP contribution in [0.2, 0.25) is 0 Å². The summed E-state index contributed by atoms with van der Waals surface area (Å²) in [7, 11) is 5.88. The Balaban J connectivity index is 3.32. The molecule has 0 aliphatic rings. The fourth-order valence-electron chi connectivity index (χ4n) is 7.35. The molecule has 8 heteroatoms. The van der Waals surface area contributed by atoms with Crippen LogP contribution in [0.3, 0.4) is 0 Å². The topological polar surface area (TPSA) is 105 Å². The van der Waals surface area contributed by atoms with E-state index in [1.807, 2.05) is 21.1 Å². The number of unbranched alkanes of at least 4 members (excludes halogenated alkanes) is 33. The van der Waals surface area contributed by atoms with Crippen molar-refractivity contribution in [2.45, 2.75) is 250 Å². The number of aliphatic hydroxyl groups is 1. The molecule has 0 amide bonds. The quantitative estimate of drug-likeness (QED) is 0.0214. The van der Waals surface area contributed by atoms with E-state index >= 15 is 0 Å². The number of likely N-dealkylation sites (N-methyl/N-ethyl adjacent to an activating group) is 1. The van der Waals surface area contributed by atoms with Crippen LogP contribution in [0, 0.1) is 0 Å². The molecule has 0 radical (unpaired) electrons. The molecule has 0 saturated carbocycles. The van der Waals surface area contributed by atoms with Crippen molar-refractivity contribution in [1.82, 2.24) is 0 Å². The lowest BCUT2D eigenvalue weighted by Gasteiger charge is -2.26. The summed E-state index contributed by atoms with van der Waals surface area (Å²) in [5.74, 6) is -1.86. The van der Waals surface area contributed by atoms with Crippen LogP contribution in [0.15, 0.2) is 12.2 Å². The lowest BCUT2D eigenvalue weighted by atomic mass is 10.0. The lowest BCUT2D eigenvalue weighted by molar-refractivity contribution is -0.870. The molecule has 344 valence electrons. The zero-order valence-corrected chi connectivity index (χ0v) is 38.9. The van der Waals surface area contributed by atoms with Crippen molar-refractivity contribution in [1.29, 1.82) is 0 Å². The van der Waals surface area contributed by atoms with Crippen LogP contribution < -0.4 is 5.11 Å². The molecule has 2 unspecified atom stereocenters. The minimum atomic E-state index is -1.57. The molecular formula is C50H97NO7. The largest absolute Gasteiger partial charge is 0.545 e. The van der Waals surface area contributed by atoms with E-state index in [1.54, 1.807) is 0 Å². The lowest BCUT2D eigenvalue weighted by Crippen LogP contribution is -2.44. The van der Waals surface area contributed by atoms with Crippen molar-refractivity contribution in [3.05, 3.63) is 12.2 Å². The number of aliphatic hydroxyl groups excluding tert-OH is 1. The third-order valence-corrected chi connectivity index (χ3v) is 11.2. The number of esters is 1. The fraction of sp³-hybridized carbons (Fsp3) is 0.920. The van der Waals surface area contributed by atoms with E-state index in [0.717, 1.165) is 19.3 Å². The smallest absolute Gasteiger partial charge is 0.305 e. The van der Waals surface area contributed by atoms with E-state index in [0.29, 0.717) is 17.4 Å². The number of quaternary nitrogens is 1. The monoisotopic (exact) mass is 824 g/mol. The zero-order chi connectivity index (χ0) is 42.6. The van der Waals surface area contributed by atoms with Gasteiger partial charge in [0.25, 0.3) is 0 Å². The molecule has 2 atom stereocenters. The summed E-state index contributed by atoms with van der Waals surface area (Å²) >= 11 is 0. The van der Waals surface area contributed by atoms with Gasteiger partial charge in [-0.3, -0.25) is 4.79 Å². The van der Waals surface area contributed by atoms with Gasteiger partial charge in [-0.25, -0.2) is 0 Å². The molecule has 58 heavy (non-hydrogen) atoms. The maximum atomic E-state index is 12.0. The summed E-state index contributed by atoms with van der Waals surface area (Å²) in [4.78, 5) is 23.2. The van der Waals surface area contributed by atoms with Gasteiger partial charge in [-0.1, -0.05) is 212 Å². The normalized spacial score (nSPS) is 13.1. The first-order valence-electron chi connectivity index (χ1n) is 24.9. The minimum Gasteiger partial charge on any atom is -0.545 e. The first-order chi connectivity index (χ1) is 28.2. The van der Waals surface area contributed by atoms with E-state index in [9.17, 15) is 19.8 Å². The van der Waals surface area contributed by atoms with Gasteiger partial charge < -0.3 is 33.7 Å². The molecule has 8 nitrogen and oxygen atoms in total. The maximum Gasteiger partial charge on any atom is 0.305 e. The Labute approximate surface area is 359 Å². The molecule has 0 heterocycles. The molecule has 0 aromatic carbocycles. The first kappa shape index (κ1) is 56.5. The van der Waals surface area contributed by atoms with Gasteiger partial charge in [0.2, 0.25) is 0 Å². The van der Waals surface area contributed by atoms with Crippen molar-refractivity contribution < 1.29 is 38.5 Å². The molecule has 0 spiro atoms. The number of aliphatic carboxylic acids is 1. The SMILES string of the molecule is CCCCCCCCCC/C=C\CCCCCCCCCCCCCCCCCCCCCCCCCCCC(=O)OCC(O)COC(OCC[N+](C)(C)C)C(=O)[O-]. The Bertz CT molecular complexity index is 905. The third-order valence-electron chi connectivity index (χ3n) is 11.2. The Kier molecular flexibility index (Phi) is 42.5. The van der Waals surface area contributed by atoms with Crippen LogP contribution in [-0.4, -0.2) is 81.4 Å². The Morgan fingerprint density at radius 2 is 0.862 bits per heavy atom. The number of hydrogen-bond donors (Lipinski definition) is 1. The van der Waals surface area contributed by atoms with E-state index in [1.165, 1.54) is 205 Å². The molecule has 0 saturated heterocycles. The number of carboxylic acids is 1. The summed E-state index contributed by atoms with van der Waals surface area (Å²) in [6.07, 6.45) is 50.0. The van der Waals surface area contributed by atoms with Crippen molar-refractivity contribution in [2.24, 2.45) is 0 Å². The predicted molar refractivity (Wildman–Crippen MR) is 242 cm³/mol. The maximum absolute atomic E-state index is 12.0. The van der Waals surface area contributed by atoms with Crippen LogP contribution in [0.25, 0.3) is 0 Å². The Morgan fingerprint density at radius 3 is 1.21 bits per heavy atom. The highest BCUT2D eigenvalue weighted by atomic mass is 16.7. The number of ether oxygens (including phenoxy) is 3. The van der Waals surface area contributed by atoms with Crippen molar-refractivity contribution >= 4 is 11.9 Å². The summed E-state index contributed by atoms with van der Waals surface area (Å²) in [5, 5.41) is 21.2. The van der Waals surface area contributed by atoms with Crippen LogP contribution >= 0.6 is 0 Å². The van der Waals surface area contributed by atoms with E-state index < -0.39 is 18.4 Å². The molecule has 0 aliphatic carbocycles. The van der Waals surface area contributed by atoms with Crippen LogP contribution in [0.5, 0.6) is 0 Å². The van der Waals surface area contributed by atoms with Gasteiger partial charge >= 0.3 is 5.97 Å². The van der Waals surface area contributed by atoms with Crippen LogP contribution in [0.4, 0.5) is 0 Å². The minimum absolute atomic E-state index is 0.173. The molecule has 1 N–H and O–H groups in total. The summed E-state index contributed by atoms with van der Waals surface area (Å²) in [6.45, 7) is 2.49. The van der Waals surface area contributed by atoms with Crippen molar-refractivity contribution in [3.63, 3.8) is 0 Å². The van der Waals surface area contributed by atoms with Crippen molar-refractivity contribution in [2.75, 3.05) is 47.5 Å². The van der Waals surface area contributed by atoms with Crippen LogP contribution in [-0.2, 0) is 23.8 Å². The average Bonchev–Trinajstić information content (AvgIpc) is 3.19. The highest BCUT2D eigenvalue weighted by molar-refractivity contribution is 5.69. The average molecular weight is 824 g/mol. The number of carbonyl (C=O) groups is 2. The molecule has 0 aromatic rings. The Hall–Kier alpha value is -1.48. The zero-order valence-electron chi connectivity index (χ0n) is 38.9. The standard InChI is InChI=1S/C50H97NO7/c1-5-6-7-8-9-10-11-12-13-14-15-16-17-18-19-20-21-22-23-24-25-26-27-28-29-30-31-32-33-34-35-36-37-38-39-40-41-42-48(53)57-45-47(52)46-58-50(49(54)55)56-44-43-51(2,3)4/h14-15,47,50,52H,5-13,16-46H2,1-4H3/b15-14-. The number of carboxylic acid groups (broad SMARTS) is 1. The van der Waals surface area contributed by atoms with Gasteiger partial charge in [-0.15, -0.1) is 0 Å². The molecular weight excluding hydrogens is 727 g/mol. The number of nitrogens with zero attached hydrogens (tertiary/aromatic N) is 1. The number of hydrogen-bond acceptors (Lipinski definition) is 7. The highest BCUT2D eigenvalue weighted by Gasteiger charge is 2.17. The second kappa shape index (κ2) is 43.6. The first-order valence-corrected chi connectivity index (χ1v) is 24.9. The third kappa shape index (κ3) is 45.6. The summed E-state index contributed by atoms with van der Waals surface area (Å²) in [6, 6.07) is 0. The Morgan fingerprint density at radius 1 is 0.517 bits per heavy atom. The number of rotatable bonds is 47. The predicted octanol–water partition coefficient (Wildman–Crippen LogP) is 12.3. The van der Waals surface area contributed by atoms with Gasteiger partial charge in [0, 0.05) is 6.42 Å². The molecule has 0 rings (SSSR count). The van der Waals surface area contributed by atoms with Crippen molar-refractivity contribution in [3.8, 4) is 0 Å². The number of allylic oxidation sites excluding steroid dienone is 2.